The highest BCUT2D eigenvalue weighted by molar-refractivity contribution is 4.95. The van der Waals surface area contributed by atoms with Gasteiger partial charge in [0.05, 0.1) is 0 Å². The van der Waals surface area contributed by atoms with Gasteiger partial charge in [0.15, 0.2) is 0 Å². The molecule has 0 heterocycles. The molecule has 1 unspecified atom stereocenters. The van der Waals surface area contributed by atoms with Crippen LogP contribution < -0.4 is 5.32 Å². The zero-order chi connectivity index (χ0) is 10.1. The van der Waals surface area contributed by atoms with Crippen LogP contribution in [0, 0.1) is 17.8 Å². The first-order valence-corrected chi connectivity index (χ1v) is 5.36. The van der Waals surface area contributed by atoms with Crippen LogP contribution in [0.1, 0.15) is 46.5 Å². The van der Waals surface area contributed by atoms with Crippen molar-refractivity contribution in [1.82, 2.24) is 5.32 Å². The average molecular weight is 181 g/mol. The number of hydrogen-bond donors (Lipinski definition) is 1. The maximum atomic E-state index is 3.40. The second kappa shape index (κ2) is 8.13. The summed E-state index contributed by atoms with van der Waals surface area (Å²) in [6.45, 7) is 6.44. The van der Waals surface area contributed by atoms with Gasteiger partial charge in [-0.05, 0) is 26.3 Å². The molecule has 0 spiro atoms. The maximum absolute atomic E-state index is 3.40. The van der Waals surface area contributed by atoms with Crippen molar-refractivity contribution in [3.63, 3.8) is 0 Å². The van der Waals surface area contributed by atoms with Gasteiger partial charge in [-0.3, -0.25) is 0 Å². The van der Waals surface area contributed by atoms with E-state index in [2.05, 4.69) is 38.1 Å². The van der Waals surface area contributed by atoms with E-state index in [0.29, 0.717) is 6.04 Å². The highest BCUT2D eigenvalue weighted by Crippen LogP contribution is 2.16. The summed E-state index contributed by atoms with van der Waals surface area (Å²) >= 11 is 0. The van der Waals surface area contributed by atoms with E-state index in [1.807, 2.05) is 6.92 Å². The van der Waals surface area contributed by atoms with Crippen molar-refractivity contribution >= 4 is 0 Å². The SMILES string of the molecule is CC#CCCC(NC)C(CC)CC. The number of nitrogens with one attached hydrogen (secondary N) is 1. The van der Waals surface area contributed by atoms with Gasteiger partial charge in [-0.25, -0.2) is 0 Å². The molecule has 13 heavy (non-hydrogen) atoms. The number of hydrogen-bond acceptors (Lipinski definition) is 1. The first-order chi connectivity index (χ1) is 6.29. The third-order valence-electron chi connectivity index (χ3n) is 2.75. The van der Waals surface area contributed by atoms with Gasteiger partial charge in [0, 0.05) is 12.5 Å². The van der Waals surface area contributed by atoms with Gasteiger partial charge in [-0.2, -0.15) is 0 Å². The second-order valence-corrected chi connectivity index (χ2v) is 3.44. The molecule has 76 valence electrons. The quantitative estimate of drug-likeness (QED) is 0.621. The monoisotopic (exact) mass is 181 g/mol. The molecular weight excluding hydrogens is 158 g/mol. The topological polar surface area (TPSA) is 12.0 Å². The second-order valence-electron chi connectivity index (χ2n) is 3.44. The van der Waals surface area contributed by atoms with Crippen molar-refractivity contribution in [2.45, 2.75) is 52.5 Å². The van der Waals surface area contributed by atoms with Crippen LogP contribution in [0.15, 0.2) is 0 Å². The van der Waals surface area contributed by atoms with E-state index < -0.39 is 0 Å². The fourth-order valence-electron chi connectivity index (χ4n) is 1.83. The first kappa shape index (κ1) is 12.5. The lowest BCUT2D eigenvalue weighted by molar-refractivity contribution is 0.337. The van der Waals surface area contributed by atoms with Crippen LogP contribution in [0.25, 0.3) is 0 Å². The van der Waals surface area contributed by atoms with E-state index in [0.717, 1.165) is 12.3 Å². The van der Waals surface area contributed by atoms with Crippen LogP contribution in [0.3, 0.4) is 0 Å². The molecular formula is C12H23N. The molecule has 0 amide bonds. The Hall–Kier alpha value is -0.480. The van der Waals surface area contributed by atoms with E-state index in [9.17, 15) is 0 Å². The molecule has 0 aliphatic carbocycles. The Morgan fingerprint density at radius 1 is 1.23 bits per heavy atom. The van der Waals surface area contributed by atoms with E-state index in [1.54, 1.807) is 0 Å². The normalized spacial score (nSPS) is 12.4. The van der Waals surface area contributed by atoms with Crippen molar-refractivity contribution < 1.29 is 0 Å². The molecule has 0 radical (unpaired) electrons. The van der Waals surface area contributed by atoms with Gasteiger partial charge in [0.2, 0.25) is 0 Å². The van der Waals surface area contributed by atoms with Crippen molar-refractivity contribution in [2.75, 3.05) is 7.05 Å². The molecule has 0 aromatic carbocycles. The van der Waals surface area contributed by atoms with E-state index in [-0.39, 0.29) is 0 Å². The lowest BCUT2D eigenvalue weighted by Crippen LogP contribution is -2.32. The predicted molar refractivity (Wildman–Crippen MR) is 59.6 cm³/mol. The van der Waals surface area contributed by atoms with Crippen molar-refractivity contribution in [1.29, 1.82) is 0 Å². The van der Waals surface area contributed by atoms with E-state index in [1.165, 1.54) is 19.3 Å². The number of rotatable bonds is 6. The van der Waals surface area contributed by atoms with Crippen LogP contribution in [-0.2, 0) is 0 Å². The third kappa shape index (κ3) is 4.95. The molecule has 1 atom stereocenters. The van der Waals surface area contributed by atoms with Gasteiger partial charge < -0.3 is 5.32 Å². The molecule has 1 heteroatoms. The summed E-state index contributed by atoms with van der Waals surface area (Å²) < 4.78 is 0. The minimum atomic E-state index is 0.649. The Bertz CT molecular complexity index is 160. The molecule has 0 bridgehead atoms. The van der Waals surface area contributed by atoms with E-state index in [4.69, 9.17) is 0 Å². The summed E-state index contributed by atoms with van der Waals surface area (Å²) in [4.78, 5) is 0. The predicted octanol–water partition coefficient (Wildman–Crippen LogP) is 2.81. The molecule has 0 saturated heterocycles. The minimum Gasteiger partial charge on any atom is -0.317 e. The van der Waals surface area contributed by atoms with Crippen molar-refractivity contribution in [3.05, 3.63) is 0 Å². The summed E-state index contributed by atoms with van der Waals surface area (Å²) in [7, 11) is 2.06. The summed E-state index contributed by atoms with van der Waals surface area (Å²) in [6.07, 6.45) is 4.74. The molecule has 0 saturated carbocycles. The lowest BCUT2D eigenvalue weighted by atomic mass is 9.91. The highest BCUT2D eigenvalue weighted by Gasteiger charge is 2.15. The average Bonchev–Trinajstić information content (AvgIpc) is 2.17. The largest absolute Gasteiger partial charge is 0.317 e. The maximum Gasteiger partial charge on any atom is 0.0103 e. The molecule has 0 aliphatic heterocycles. The molecule has 0 fully saturated rings. The van der Waals surface area contributed by atoms with Gasteiger partial charge in [0.1, 0.15) is 0 Å². The summed E-state index contributed by atoms with van der Waals surface area (Å²) in [5, 5.41) is 3.40. The third-order valence-corrected chi connectivity index (χ3v) is 2.75. The lowest BCUT2D eigenvalue weighted by Gasteiger charge is -2.24. The molecule has 1 N–H and O–H groups in total. The fourth-order valence-corrected chi connectivity index (χ4v) is 1.83. The Labute approximate surface area is 83.3 Å². The summed E-state index contributed by atoms with van der Waals surface area (Å²) in [5.74, 6) is 6.88. The van der Waals surface area contributed by atoms with Crippen LogP contribution in [0.4, 0.5) is 0 Å². The zero-order valence-electron chi connectivity index (χ0n) is 9.48. The van der Waals surface area contributed by atoms with Crippen LogP contribution in [0.2, 0.25) is 0 Å². The Balaban J connectivity index is 3.89. The summed E-state index contributed by atoms with van der Waals surface area (Å²) in [6, 6.07) is 0.649. The standard InChI is InChI=1S/C12H23N/c1-5-8-9-10-12(13-4)11(6-2)7-3/h11-13H,6-7,9-10H2,1-4H3. The van der Waals surface area contributed by atoms with Gasteiger partial charge in [0.25, 0.3) is 0 Å². The van der Waals surface area contributed by atoms with Crippen molar-refractivity contribution in [2.24, 2.45) is 5.92 Å². The van der Waals surface area contributed by atoms with Crippen LogP contribution >= 0.6 is 0 Å². The zero-order valence-corrected chi connectivity index (χ0v) is 9.48. The molecule has 0 rings (SSSR count). The molecule has 0 aromatic rings. The highest BCUT2D eigenvalue weighted by atomic mass is 14.9. The summed E-state index contributed by atoms with van der Waals surface area (Å²) in [5.41, 5.74) is 0. The smallest absolute Gasteiger partial charge is 0.0103 e. The van der Waals surface area contributed by atoms with Gasteiger partial charge in [-0.15, -0.1) is 11.8 Å². The Morgan fingerprint density at radius 2 is 1.85 bits per heavy atom. The Morgan fingerprint density at radius 3 is 2.23 bits per heavy atom. The fraction of sp³-hybridized carbons (Fsp3) is 0.833. The Kier molecular flexibility index (Phi) is 7.83. The molecule has 0 aromatic heterocycles. The minimum absolute atomic E-state index is 0.649. The van der Waals surface area contributed by atoms with Crippen LogP contribution in [0.5, 0.6) is 0 Å². The van der Waals surface area contributed by atoms with Crippen LogP contribution in [-0.4, -0.2) is 13.1 Å². The van der Waals surface area contributed by atoms with E-state index >= 15 is 0 Å². The molecule has 0 aliphatic rings. The van der Waals surface area contributed by atoms with Gasteiger partial charge >= 0.3 is 0 Å². The van der Waals surface area contributed by atoms with Crippen molar-refractivity contribution in [3.8, 4) is 11.8 Å². The molecule has 1 nitrogen and oxygen atoms in total. The van der Waals surface area contributed by atoms with Gasteiger partial charge in [-0.1, -0.05) is 26.7 Å². The first-order valence-electron chi connectivity index (χ1n) is 5.36.